The SMILES string of the molecule is Cc1ccc([C@H](NCC(=O)Nc2ccc(CN3CCOCC3)cc2)c2ccccc2)cc1. The Morgan fingerprint density at radius 3 is 2.25 bits per heavy atom. The lowest BCUT2D eigenvalue weighted by Gasteiger charge is -2.26. The molecule has 1 amide bonds. The maximum absolute atomic E-state index is 12.6. The molecular weight excluding hydrogens is 398 g/mol. The number of hydrogen-bond acceptors (Lipinski definition) is 4. The Hall–Kier alpha value is -2.99. The number of nitrogens with zero attached hydrogens (tertiary/aromatic N) is 1. The molecule has 3 aromatic rings. The Morgan fingerprint density at radius 1 is 0.906 bits per heavy atom. The highest BCUT2D eigenvalue weighted by Crippen LogP contribution is 2.22. The van der Waals surface area contributed by atoms with Crippen LogP contribution in [0.25, 0.3) is 0 Å². The second-order valence-electron chi connectivity index (χ2n) is 8.27. The molecule has 1 aliphatic heterocycles. The lowest BCUT2D eigenvalue weighted by molar-refractivity contribution is -0.115. The fourth-order valence-electron chi connectivity index (χ4n) is 3.94. The van der Waals surface area contributed by atoms with Gasteiger partial charge in [0.15, 0.2) is 0 Å². The van der Waals surface area contributed by atoms with E-state index in [2.05, 4.69) is 71.0 Å². The number of morpholine rings is 1. The third kappa shape index (κ3) is 6.26. The highest BCUT2D eigenvalue weighted by Gasteiger charge is 2.15. The number of carbonyl (C=O) groups excluding carboxylic acids is 1. The molecule has 0 unspecified atom stereocenters. The van der Waals surface area contributed by atoms with Gasteiger partial charge in [0.05, 0.1) is 25.8 Å². The third-order valence-corrected chi connectivity index (χ3v) is 5.76. The molecule has 5 heteroatoms. The Balaban J connectivity index is 1.34. The van der Waals surface area contributed by atoms with Crippen LogP contribution in [0.15, 0.2) is 78.9 Å². The third-order valence-electron chi connectivity index (χ3n) is 5.76. The number of amides is 1. The molecule has 1 atom stereocenters. The Labute approximate surface area is 190 Å². The van der Waals surface area contributed by atoms with Crippen LogP contribution in [0.1, 0.15) is 28.3 Å². The lowest BCUT2D eigenvalue weighted by atomic mass is 9.98. The predicted molar refractivity (Wildman–Crippen MR) is 129 cm³/mol. The molecule has 1 saturated heterocycles. The number of ether oxygens (including phenoxy) is 1. The van der Waals surface area contributed by atoms with Crippen LogP contribution in [0.2, 0.25) is 0 Å². The summed E-state index contributed by atoms with van der Waals surface area (Å²) >= 11 is 0. The molecule has 166 valence electrons. The molecule has 0 bridgehead atoms. The second-order valence-corrected chi connectivity index (χ2v) is 8.27. The molecule has 0 saturated carbocycles. The average molecular weight is 430 g/mol. The van der Waals surface area contributed by atoms with Crippen LogP contribution >= 0.6 is 0 Å². The summed E-state index contributed by atoms with van der Waals surface area (Å²) in [7, 11) is 0. The summed E-state index contributed by atoms with van der Waals surface area (Å²) in [6.45, 7) is 6.74. The minimum atomic E-state index is -0.0565. The standard InChI is InChI=1S/C27H31N3O2/c1-21-7-11-24(12-8-21)27(23-5-3-2-4-6-23)28-19-26(31)29-25-13-9-22(10-14-25)20-30-15-17-32-18-16-30/h2-14,27-28H,15-20H2,1H3,(H,29,31)/t27-/m1/s1. The van der Waals surface area contributed by atoms with Crippen LogP contribution in [0.5, 0.6) is 0 Å². The number of rotatable bonds is 8. The fraction of sp³-hybridized carbons (Fsp3) is 0.296. The molecule has 0 spiro atoms. The summed E-state index contributed by atoms with van der Waals surface area (Å²) in [6.07, 6.45) is 0. The highest BCUT2D eigenvalue weighted by atomic mass is 16.5. The molecule has 5 nitrogen and oxygen atoms in total. The van der Waals surface area contributed by atoms with Crippen LogP contribution in [0.3, 0.4) is 0 Å². The van der Waals surface area contributed by atoms with Crippen molar-refractivity contribution in [2.24, 2.45) is 0 Å². The number of nitrogens with one attached hydrogen (secondary N) is 2. The molecule has 4 rings (SSSR count). The molecule has 3 aromatic carbocycles. The monoisotopic (exact) mass is 429 g/mol. The van der Waals surface area contributed by atoms with Crippen molar-refractivity contribution in [3.8, 4) is 0 Å². The minimum absolute atomic E-state index is 0.0431. The van der Waals surface area contributed by atoms with Crippen molar-refractivity contribution >= 4 is 11.6 Å². The molecule has 0 radical (unpaired) electrons. The quantitative estimate of drug-likeness (QED) is 0.565. The first-order chi connectivity index (χ1) is 15.7. The number of benzene rings is 3. The van der Waals surface area contributed by atoms with Crippen LogP contribution in [0, 0.1) is 6.92 Å². The van der Waals surface area contributed by atoms with Crippen molar-refractivity contribution in [3.63, 3.8) is 0 Å². The van der Waals surface area contributed by atoms with Gasteiger partial charge in [-0.3, -0.25) is 15.0 Å². The zero-order valence-electron chi connectivity index (χ0n) is 18.6. The van der Waals surface area contributed by atoms with Gasteiger partial charge in [0.2, 0.25) is 5.91 Å². The van der Waals surface area contributed by atoms with E-state index in [1.165, 1.54) is 11.1 Å². The van der Waals surface area contributed by atoms with Crippen molar-refractivity contribution in [1.82, 2.24) is 10.2 Å². The Morgan fingerprint density at radius 2 is 1.56 bits per heavy atom. The normalized spacial score (nSPS) is 15.3. The van der Waals surface area contributed by atoms with Crippen molar-refractivity contribution in [3.05, 3.63) is 101 Å². The van der Waals surface area contributed by atoms with E-state index < -0.39 is 0 Å². The summed E-state index contributed by atoms with van der Waals surface area (Å²) in [5.74, 6) is -0.0565. The van der Waals surface area contributed by atoms with E-state index in [9.17, 15) is 4.79 Å². The van der Waals surface area contributed by atoms with Gasteiger partial charge in [-0.05, 0) is 35.7 Å². The number of anilines is 1. The molecule has 0 aliphatic carbocycles. The van der Waals surface area contributed by atoms with E-state index in [1.807, 2.05) is 30.3 Å². The summed E-state index contributed by atoms with van der Waals surface area (Å²) in [4.78, 5) is 15.0. The van der Waals surface area contributed by atoms with E-state index in [0.29, 0.717) is 0 Å². The van der Waals surface area contributed by atoms with E-state index in [0.717, 1.165) is 49.7 Å². The summed E-state index contributed by atoms with van der Waals surface area (Å²) < 4.78 is 5.41. The van der Waals surface area contributed by atoms with Gasteiger partial charge in [0.25, 0.3) is 0 Å². The first-order valence-electron chi connectivity index (χ1n) is 11.2. The lowest BCUT2D eigenvalue weighted by Crippen LogP contribution is -2.35. The van der Waals surface area contributed by atoms with Crippen LogP contribution in [-0.4, -0.2) is 43.7 Å². The molecule has 1 aliphatic rings. The summed E-state index contributed by atoms with van der Waals surface area (Å²) in [6, 6.07) is 26.7. The Bertz CT molecular complexity index is 982. The highest BCUT2D eigenvalue weighted by molar-refractivity contribution is 5.92. The van der Waals surface area contributed by atoms with Gasteiger partial charge < -0.3 is 10.1 Å². The van der Waals surface area contributed by atoms with Gasteiger partial charge in [-0.2, -0.15) is 0 Å². The zero-order valence-corrected chi connectivity index (χ0v) is 18.6. The molecule has 32 heavy (non-hydrogen) atoms. The second kappa shape index (κ2) is 11.0. The molecular formula is C27H31N3O2. The van der Waals surface area contributed by atoms with Gasteiger partial charge in [-0.1, -0.05) is 72.3 Å². The van der Waals surface area contributed by atoms with Gasteiger partial charge >= 0.3 is 0 Å². The summed E-state index contributed by atoms with van der Waals surface area (Å²) in [5, 5.41) is 6.43. The Kier molecular flexibility index (Phi) is 7.67. The molecule has 0 aromatic heterocycles. The topological polar surface area (TPSA) is 53.6 Å². The first kappa shape index (κ1) is 22.2. The molecule has 1 heterocycles. The zero-order chi connectivity index (χ0) is 22.2. The number of hydrogen-bond donors (Lipinski definition) is 2. The van der Waals surface area contributed by atoms with E-state index in [-0.39, 0.29) is 18.5 Å². The number of aryl methyl sites for hydroxylation is 1. The predicted octanol–water partition coefficient (Wildman–Crippen LogP) is 4.14. The largest absolute Gasteiger partial charge is 0.379 e. The smallest absolute Gasteiger partial charge is 0.238 e. The van der Waals surface area contributed by atoms with Crippen LogP contribution in [0.4, 0.5) is 5.69 Å². The van der Waals surface area contributed by atoms with Gasteiger partial charge in [-0.25, -0.2) is 0 Å². The molecule has 2 N–H and O–H groups in total. The van der Waals surface area contributed by atoms with Gasteiger partial charge in [0.1, 0.15) is 0 Å². The fourth-order valence-corrected chi connectivity index (χ4v) is 3.94. The van der Waals surface area contributed by atoms with E-state index in [1.54, 1.807) is 0 Å². The average Bonchev–Trinajstić information content (AvgIpc) is 2.83. The van der Waals surface area contributed by atoms with Gasteiger partial charge in [0, 0.05) is 25.3 Å². The van der Waals surface area contributed by atoms with Crippen molar-refractivity contribution in [2.75, 3.05) is 38.2 Å². The van der Waals surface area contributed by atoms with Crippen molar-refractivity contribution < 1.29 is 9.53 Å². The molecule has 1 fully saturated rings. The van der Waals surface area contributed by atoms with Crippen molar-refractivity contribution in [2.45, 2.75) is 19.5 Å². The van der Waals surface area contributed by atoms with Crippen LogP contribution in [-0.2, 0) is 16.1 Å². The van der Waals surface area contributed by atoms with Crippen LogP contribution < -0.4 is 10.6 Å². The van der Waals surface area contributed by atoms with E-state index in [4.69, 9.17) is 4.74 Å². The summed E-state index contributed by atoms with van der Waals surface area (Å²) in [5.41, 5.74) is 5.55. The number of carbonyl (C=O) groups is 1. The van der Waals surface area contributed by atoms with Crippen molar-refractivity contribution in [1.29, 1.82) is 0 Å². The maximum Gasteiger partial charge on any atom is 0.238 e. The van der Waals surface area contributed by atoms with Gasteiger partial charge in [-0.15, -0.1) is 0 Å². The minimum Gasteiger partial charge on any atom is -0.379 e. The first-order valence-corrected chi connectivity index (χ1v) is 11.2. The maximum atomic E-state index is 12.6. The van der Waals surface area contributed by atoms with E-state index >= 15 is 0 Å².